The first-order valence-corrected chi connectivity index (χ1v) is 10.3. The quantitative estimate of drug-likeness (QED) is 0.221. The second-order valence-electron chi connectivity index (χ2n) is 6.49. The van der Waals surface area contributed by atoms with Crippen LogP contribution in [-0.4, -0.2) is 12.1 Å². The summed E-state index contributed by atoms with van der Waals surface area (Å²) in [6.45, 7) is 5.89. The van der Waals surface area contributed by atoms with Gasteiger partial charge in [0.1, 0.15) is 0 Å². The van der Waals surface area contributed by atoms with Gasteiger partial charge in [-0.15, -0.1) is 0 Å². The zero-order valence-electron chi connectivity index (χ0n) is 17.5. The van der Waals surface area contributed by atoms with Crippen molar-refractivity contribution in [3.05, 3.63) is 72.9 Å². The zero-order chi connectivity index (χ0) is 20.0. The Labute approximate surface area is 167 Å². The molecule has 0 bridgehead atoms. The van der Waals surface area contributed by atoms with E-state index in [4.69, 9.17) is 4.74 Å². The lowest BCUT2D eigenvalue weighted by molar-refractivity contribution is -0.147. The third-order valence-electron chi connectivity index (χ3n) is 3.48. The maximum atomic E-state index is 11.3. The molecule has 0 heterocycles. The Morgan fingerprint density at radius 1 is 0.667 bits per heavy atom. The van der Waals surface area contributed by atoms with Gasteiger partial charge in [0.2, 0.25) is 0 Å². The summed E-state index contributed by atoms with van der Waals surface area (Å²) in [7, 11) is 0. The molecule has 0 radical (unpaired) electrons. The highest BCUT2D eigenvalue weighted by atomic mass is 16.5. The molecule has 150 valence electrons. The second-order valence-corrected chi connectivity index (χ2v) is 6.49. The molecule has 0 aliphatic carbocycles. The van der Waals surface area contributed by atoms with E-state index in [2.05, 4.69) is 73.8 Å². The molecule has 0 saturated carbocycles. The van der Waals surface area contributed by atoms with Gasteiger partial charge in [-0.3, -0.25) is 4.79 Å². The van der Waals surface area contributed by atoms with E-state index in [1.54, 1.807) is 0 Å². The highest BCUT2D eigenvalue weighted by Crippen LogP contribution is 2.00. The van der Waals surface area contributed by atoms with Crippen molar-refractivity contribution in [3.63, 3.8) is 0 Å². The minimum Gasteiger partial charge on any atom is -0.463 e. The molecule has 0 N–H and O–H groups in total. The van der Waals surface area contributed by atoms with Crippen molar-refractivity contribution in [3.8, 4) is 0 Å². The van der Waals surface area contributed by atoms with Crippen LogP contribution in [0.5, 0.6) is 0 Å². The van der Waals surface area contributed by atoms with Crippen LogP contribution in [0.3, 0.4) is 0 Å². The van der Waals surface area contributed by atoms with Crippen LogP contribution in [0.15, 0.2) is 72.9 Å². The Morgan fingerprint density at radius 3 is 1.41 bits per heavy atom. The molecule has 0 aliphatic rings. The first-order valence-electron chi connectivity index (χ1n) is 10.3. The summed E-state index contributed by atoms with van der Waals surface area (Å²) in [5.74, 6) is -0.121. The second kappa shape index (κ2) is 20.2. The molecule has 0 aromatic rings. The fourth-order valence-electron chi connectivity index (χ4n) is 2.16. The number of carbonyl (C=O) groups is 1. The average Bonchev–Trinajstić information content (AvgIpc) is 2.63. The van der Waals surface area contributed by atoms with Gasteiger partial charge >= 0.3 is 5.97 Å². The minimum absolute atomic E-state index is 0.0252. The van der Waals surface area contributed by atoms with Gasteiger partial charge in [0, 0.05) is 6.42 Å². The molecule has 2 heteroatoms. The van der Waals surface area contributed by atoms with Crippen LogP contribution in [-0.2, 0) is 9.53 Å². The largest absolute Gasteiger partial charge is 0.463 e. The maximum Gasteiger partial charge on any atom is 0.306 e. The van der Waals surface area contributed by atoms with Crippen LogP contribution in [0.4, 0.5) is 0 Å². The smallest absolute Gasteiger partial charge is 0.306 e. The summed E-state index contributed by atoms with van der Waals surface area (Å²) in [6.07, 6.45) is 33.3. The minimum atomic E-state index is -0.121. The molecule has 0 aromatic heterocycles. The van der Waals surface area contributed by atoms with Crippen LogP contribution in [0.1, 0.15) is 72.1 Å². The van der Waals surface area contributed by atoms with E-state index in [1.807, 2.05) is 19.9 Å². The van der Waals surface area contributed by atoms with Crippen molar-refractivity contribution < 1.29 is 9.53 Å². The van der Waals surface area contributed by atoms with E-state index >= 15 is 0 Å². The maximum absolute atomic E-state index is 11.3. The fraction of sp³-hybridized carbons (Fsp3) is 0.480. The normalized spacial score (nSPS) is 13.0. The highest BCUT2D eigenvalue weighted by Gasteiger charge is 2.02. The molecule has 0 atom stereocenters. The van der Waals surface area contributed by atoms with Gasteiger partial charge < -0.3 is 4.74 Å². The van der Waals surface area contributed by atoms with Crippen molar-refractivity contribution in [1.29, 1.82) is 0 Å². The summed E-state index contributed by atoms with van der Waals surface area (Å²) in [5.41, 5.74) is 0. The van der Waals surface area contributed by atoms with E-state index < -0.39 is 0 Å². The molecule has 0 amide bonds. The Balaban J connectivity index is 3.57. The third-order valence-corrected chi connectivity index (χ3v) is 3.48. The fourth-order valence-corrected chi connectivity index (χ4v) is 2.16. The molecule has 0 rings (SSSR count). The van der Waals surface area contributed by atoms with E-state index in [0.717, 1.165) is 44.9 Å². The SMILES string of the molecule is CC/C=C\C/C=C\C/C=C\C/C=C\C/C=C\C/C=C\CCC(=O)OC(C)C. The number of allylic oxidation sites excluding steroid dienone is 12. The molecule has 2 nitrogen and oxygen atoms in total. The molecule has 0 saturated heterocycles. The summed E-state index contributed by atoms with van der Waals surface area (Å²) >= 11 is 0. The predicted octanol–water partition coefficient (Wildman–Crippen LogP) is 7.42. The van der Waals surface area contributed by atoms with Crippen molar-refractivity contribution in [1.82, 2.24) is 0 Å². The summed E-state index contributed by atoms with van der Waals surface area (Å²) in [6, 6.07) is 0. The van der Waals surface area contributed by atoms with Crippen LogP contribution in [0.25, 0.3) is 0 Å². The molecule has 0 unspecified atom stereocenters. The van der Waals surface area contributed by atoms with Gasteiger partial charge in [-0.1, -0.05) is 79.8 Å². The molecule has 0 spiro atoms. The average molecular weight is 371 g/mol. The van der Waals surface area contributed by atoms with Gasteiger partial charge in [-0.25, -0.2) is 0 Å². The van der Waals surface area contributed by atoms with Crippen LogP contribution in [0.2, 0.25) is 0 Å². The number of carbonyl (C=O) groups excluding carboxylic acids is 1. The lowest BCUT2D eigenvalue weighted by atomic mass is 10.2. The van der Waals surface area contributed by atoms with Crippen molar-refractivity contribution in [2.45, 2.75) is 78.2 Å². The number of ether oxygens (including phenoxy) is 1. The van der Waals surface area contributed by atoms with Crippen LogP contribution < -0.4 is 0 Å². The summed E-state index contributed by atoms with van der Waals surface area (Å²) < 4.78 is 5.08. The van der Waals surface area contributed by atoms with Gasteiger partial charge in [0.15, 0.2) is 0 Å². The van der Waals surface area contributed by atoms with Gasteiger partial charge in [-0.2, -0.15) is 0 Å². The number of rotatable bonds is 15. The van der Waals surface area contributed by atoms with Crippen LogP contribution in [0, 0.1) is 0 Å². The Hall–Kier alpha value is -2.09. The first kappa shape index (κ1) is 24.9. The van der Waals surface area contributed by atoms with Gasteiger partial charge in [-0.05, 0) is 58.8 Å². The van der Waals surface area contributed by atoms with Crippen molar-refractivity contribution in [2.75, 3.05) is 0 Å². The van der Waals surface area contributed by atoms with Crippen LogP contribution >= 0.6 is 0 Å². The molecular weight excluding hydrogens is 332 g/mol. The number of hydrogen-bond donors (Lipinski definition) is 0. The number of esters is 1. The Bertz CT molecular complexity index is 516. The molecule has 0 aromatic carbocycles. The van der Waals surface area contributed by atoms with E-state index in [1.165, 1.54) is 0 Å². The topological polar surface area (TPSA) is 26.3 Å². The highest BCUT2D eigenvalue weighted by molar-refractivity contribution is 5.69. The zero-order valence-corrected chi connectivity index (χ0v) is 17.5. The summed E-state index contributed by atoms with van der Waals surface area (Å²) in [4.78, 5) is 11.3. The van der Waals surface area contributed by atoms with E-state index in [9.17, 15) is 4.79 Å². The van der Waals surface area contributed by atoms with E-state index in [-0.39, 0.29) is 12.1 Å². The monoisotopic (exact) mass is 370 g/mol. The number of hydrogen-bond acceptors (Lipinski definition) is 2. The summed E-state index contributed by atoms with van der Waals surface area (Å²) in [5, 5.41) is 0. The van der Waals surface area contributed by atoms with Crippen molar-refractivity contribution in [2.24, 2.45) is 0 Å². The molecule has 0 aliphatic heterocycles. The lowest BCUT2D eigenvalue weighted by Gasteiger charge is -2.05. The van der Waals surface area contributed by atoms with Gasteiger partial charge in [0.25, 0.3) is 0 Å². The molecular formula is C25H38O2. The third kappa shape index (κ3) is 21.9. The Kier molecular flexibility index (Phi) is 18.7. The molecule has 27 heavy (non-hydrogen) atoms. The molecule has 0 fully saturated rings. The standard InChI is InChI=1S/C25H38O2/c1-4-5-6-7-8-9-10-11-12-13-14-15-16-17-18-19-20-21-22-23-25(26)27-24(2)3/h5-6,8-9,11-12,14-15,17-18,20-21,24H,4,7,10,13,16,19,22-23H2,1-3H3/b6-5-,9-8-,12-11-,15-14-,18-17-,21-20-. The van der Waals surface area contributed by atoms with Gasteiger partial charge in [0.05, 0.1) is 6.10 Å². The predicted molar refractivity (Wildman–Crippen MR) is 119 cm³/mol. The first-order chi connectivity index (χ1) is 13.2. The Morgan fingerprint density at radius 2 is 1.04 bits per heavy atom. The van der Waals surface area contributed by atoms with E-state index in [0.29, 0.717) is 6.42 Å². The lowest BCUT2D eigenvalue weighted by Crippen LogP contribution is -2.10. The van der Waals surface area contributed by atoms with Crippen molar-refractivity contribution >= 4 is 5.97 Å².